The van der Waals surface area contributed by atoms with Crippen molar-refractivity contribution in [1.82, 2.24) is 10.6 Å². The number of benzene rings is 2. The number of halogens is 1. The standard InChI is InChI=1S/C26H27FN4O2/c1-13-14(2)23-11-20(13)25(31-23)26(33)29-19(12-28)8-17-4-3-16(9-21(17)27)15-5-6-22-18(7-15)10-24(32)30-22/h3-7,9,13-14,19-20,23,25,31H,8,10-11H2,1-2H3,(H,29,33)(H,30,32)/t13?,14-,19-,20?,23?,25?/m0/s1. The molecular formula is C26H27FN4O2. The second-order valence-electron chi connectivity index (χ2n) is 9.67. The fraction of sp³-hybridized carbons (Fsp3) is 0.423. The van der Waals surface area contributed by atoms with E-state index in [1.165, 1.54) is 6.07 Å². The molecule has 2 aromatic carbocycles. The molecule has 2 bridgehead atoms. The van der Waals surface area contributed by atoms with E-state index in [0.29, 0.717) is 35.4 Å². The summed E-state index contributed by atoms with van der Waals surface area (Å²) in [5, 5.41) is 18.6. The molecule has 2 heterocycles. The smallest absolute Gasteiger partial charge is 0.238 e. The Morgan fingerprint density at radius 1 is 1.21 bits per heavy atom. The minimum Gasteiger partial charge on any atom is -0.339 e. The molecule has 2 amide bonds. The Hall–Kier alpha value is -3.24. The highest BCUT2D eigenvalue weighted by molar-refractivity contribution is 5.99. The zero-order valence-electron chi connectivity index (χ0n) is 18.7. The Morgan fingerprint density at radius 3 is 2.67 bits per heavy atom. The highest BCUT2D eigenvalue weighted by Gasteiger charge is 2.51. The fourth-order valence-electron chi connectivity index (χ4n) is 5.67. The third kappa shape index (κ3) is 3.89. The molecule has 0 spiro atoms. The quantitative estimate of drug-likeness (QED) is 0.658. The van der Waals surface area contributed by atoms with Crippen molar-refractivity contribution in [2.45, 2.75) is 51.2 Å². The van der Waals surface area contributed by atoms with Crippen LogP contribution in [0.1, 0.15) is 31.4 Å². The van der Waals surface area contributed by atoms with Gasteiger partial charge >= 0.3 is 0 Å². The molecule has 1 saturated carbocycles. The van der Waals surface area contributed by atoms with Crippen LogP contribution < -0.4 is 16.0 Å². The zero-order chi connectivity index (χ0) is 23.3. The lowest BCUT2D eigenvalue weighted by atomic mass is 9.84. The van der Waals surface area contributed by atoms with E-state index in [0.717, 1.165) is 23.2 Å². The average molecular weight is 447 g/mol. The van der Waals surface area contributed by atoms with Gasteiger partial charge in [-0.3, -0.25) is 9.59 Å². The summed E-state index contributed by atoms with van der Waals surface area (Å²) in [6, 6.07) is 11.8. The summed E-state index contributed by atoms with van der Waals surface area (Å²) < 4.78 is 14.9. The number of nitrogens with zero attached hydrogens (tertiary/aromatic N) is 1. The molecule has 170 valence electrons. The van der Waals surface area contributed by atoms with Crippen molar-refractivity contribution in [1.29, 1.82) is 5.26 Å². The lowest BCUT2D eigenvalue weighted by Gasteiger charge is -2.32. The van der Waals surface area contributed by atoms with Crippen molar-refractivity contribution >= 4 is 17.5 Å². The molecule has 33 heavy (non-hydrogen) atoms. The SMILES string of the molecule is CC1C2CC(NC2C(=O)N[C@H](C#N)Cc2ccc(-c3ccc4c(c3)CC(=O)N4)cc2F)[C@H]1C. The lowest BCUT2D eigenvalue weighted by Crippen LogP contribution is -2.54. The molecule has 3 N–H and O–H groups in total. The van der Waals surface area contributed by atoms with Gasteiger partial charge in [-0.1, -0.05) is 32.0 Å². The summed E-state index contributed by atoms with van der Waals surface area (Å²) >= 11 is 0. The Morgan fingerprint density at radius 2 is 1.97 bits per heavy atom. The predicted octanol–water partition coefficient (Wildman–Crippen LogP) is 3.17. The first-order valence-electron chi connectivity index (χ1n) is 11.5. The molecule has 2 fully saturated rings. The van der Waals surface area contributed by atoms with E-state index in [4.69, 9.17) is 0 Å². The van der Waals surface area contributed by atoms with E-state index in [-0.39, 0.29) is 30.2 Å². The number of nitriles is 1. The van der Waals surface area contributed by atoms with Crippen LogP contribution in [0.15, 0.2) is 36.4 Å². The van der Waals surface area contributed by atoms with E-state index >= 15 is 0 Å². The third-order valence-corrected chi connectivity index (χ3v) is 7.78. The molecule has 7 heteroatoms. The number of carbonyl (C=O) groups is 2. The maximum absolute atomic E-state index is 14.9. The van der Waals surface area contributed by atoms with Gasteiger partial charge in [0, 0.05) is 18.2 Å². The van der Waals surface area contributed by atoms with Gasteiger partial charge in [-0.05, 0) is 64.6 Å². The van der Waals surface area contributed by atoms with Crippen molar-refractivity contribution in [2.75, 3.05) is 5.32 Å². The summed E-state index contributed by atoms with van der Waals surface area (Å²) in [5.41, 5.74) is 3.60. The molecule has 5 rings (SSSR count). The number of hydrogen-bond acceptors (Lipinski definition) is 4. The van der Waals surface area contributed by atoms with Gasteiger partial charge in [0.15, 0.2) is 0 Å². The van der Waals surface area contributed by atoms with Crippen molar-refractivity contribution in [3.05, 3.63) is 53.3 Å². The van der Waals surface area contributed by atoms with E-state index in [2.05, 4.69) is 35.9 Å². The first-order chi connectivity index (χ1) is 15.8. The van der Waals surface area contributed by atoms with Crippen LogP contribution in [0.4, 0.5) is 10.1 Å². The van der Waals surface area contributed by atoms with E-state index in [1.54, 1.807) is 12.1 Å². The molecule has 1 saturated heterocycles. The van der Waals surface area contributed by atoms with Crippen molar-refractivity contribution in [2.24, 2.45) is 17.8 Å². The Bertz CT molecular complexity index is 1170. The highest BCUT2D eigenvalue weighted by Crippen LogP contribution is 2.44. The van der Waals surface area contributed by atoms with Gasteiger partial charge in [0.2, 0.25) is 11.8 Å². The number of carbonyl (C=O) groups excluding carboxylic acids is 2. The first kappa shape index (κ1) is 21.6. The van der Waals surface area contributed by atoms with Gasteiger partial charge in [-0.25, -0.2) is 4.39 Å². The van der Waals surface area contributed by atoms with E-state index < -0.39 is 11.9 Å². The fourth-order valence-corrected chi connectivity index (χ4v) is 5.67. The second kappa shape index (κ2) is 8.27. The topological polar surface area (TPSA) is 94.0 Å². The molecule has 2 aromatic rings. The molecular weight excluding hydrogens is 419 g/mol. The van der Waals surface area contributed by atoms with Crippen molar-refractivity contribution in [3.63, 3.8) is 0 Å². The second-order valence-corrected chi connectivity index (χ2v) is 9.67. The zero-order valence-corrected chi connectivity index (χ0v) is 18.7. The average Bonchev–Trinajstić information content (AvgIpc) is 3.47. The van der Waals surface area contributed by atoms with Crippen LogP contribution in [0.3, 0.4) is 0 Å². The highest BCUT2D eigenvalue weighted by atomic mass is 19.1. The molecule has 0 radical (unpaired) electrons. The number of nitrogens with one attached hydrogen (secondary N) is 3. The molecule has 3 aliphatic rings. The molecule has 0 aromatic heterocycles. The maximum atomic E-state index is 14.9. The van der Waals surface area contributed by atoms with Crippen molar-refractivity contribution < 1.29 is 14.0 Å². The number of amides is 2. The van der Waals surface area contributed by atoms with Gasteiger partial charge in [-0.2, -0.15) is 5.26 Å². The molecule has 6 atom stereocenters. The molecule has 1 aliphatic carbocycles. The van der Waals surface area contributed by atoms with Crippen LogP contribution in [0.2, 0.25) is 0 Å². The van der Waals surface area contributed by atoms with Gasteiger partial charge in [0.25, 0.3) is 0 Å². The summed E-state index contributed by atoms with van der Waals surface area (Å²) in [4.78, 5) is 24.4. The summed E-state index contributed by atoms with van der Waals surface area (Å²) in [7, 11) is 0. The third-order valence-electron chi connectivity index (χ3n) is 7.78. The number of fused-ring (bicyclic) bond motifs is 3. The number of piperidine rings is 1. The van der Waals surface area contributed by atoms with Gasteiger partial charge < -0.3 is 16.0 Å². The minimum atomic E-state index is -0.802. The maximum Gasteiger partial charge on any atom is 0.238 e. The van der Waals surface area contributed by atoms with E-state index in [1.807, 2.05) is 18.2 Å². The minimum absolute atomic E-state index is 0.0436. The molecule has 2 aliphatic heterocycles. The predicted molar refractivity (Wildman–Crippen MR) is 123 cm³/mol. The Labute approximate surface area is 192 Å². The summed E-state index contributed by atoms with van der Waals surface area (Å²) in [5.74, 6) is 0.644. The monoisotopic (exact) mass is 446 g/mol. The van der Waals surface area contributed by atoms with Gasteiger partial charge in [0.05, 0.1) is 18.5 Å². The van der Waals surface area contributed by atoms with Crippen LogP contribution in [0.25, 0.3) is 11.1 Å². The largest absolute Gasteiger partial charge is 0.339 e. The van der Waals surface area contributed by atoms with Crippen LogP contribution in [0.5, 0.6) is 0 Å². The van der Waals surface area contributed by atoms with Crippen LogP contribution >= 0.6 is 0 Å². The van der Waals surface area contributed by atoms with E-state index in [9.17, 15) is 19.2 Å². The first-order valence-corrected chi connectivity index (χ1v) is 11.5. The molecule has 4 unspecified atom stereocenters. The summed E-state index contributed by atoms with van der Waals surface area (Å²) in [6.07, 6.45) is 1.41. The van der Waals surface area contributed by atoms with Gasteiger partial charge in [0.1, 0.15) is 11.9 Å². The van der Waals surface area contributed by atoms with Crippen LogP contribution in [-0.2, 0) is 22.4 Å². The van der Waals surface area contributed by atoms with Gasteiger partial charge in [-0.15, -0.1) is 0 Å². The number of hydrogen-bond donors (Lipinski definition) is 3. The Kier molecular flexibility index (Phi) is 5.41. The van der Waals surface area contributed by atoms with Crippen LogP contribution in [-0.4, -0.2) is 29.9 Å². The van der Waals surface area contributed by atoms with Crippen molar-refractivity contribution in [3.8, 4) is 17.2 Å². The number of rotatable bonds is 5. The number of anilines is 1. The normalized spacial score (nSPS) is 28.2. The van der Waals surface area contributed by atoms with Crippen LogP contribution in [0, 0.1) is 34.9 Å². The summed E-state index contributed by atoms with van der Waals surface area (Å²) in [6.45, 7) is 4.39. The lowest BCUT2D eigenvalue weighted by molar-refractivity contribution is -0.125. The molecule has 6 nitrogen and oxygen atoms in total. The Balaban J connectivity index is 1.26.